The third kappa shape index (κ3) is 10.4. The van der Waals surface area contributed by atoms with E-state index in [1.807, 2.05) is 39.0 Å². The van der Waals surface area contributed by atoms with Gasteiger partial charge >= 0.3 is 6.09 Å². The lowest BCUT2D eigenvalue weighted by atomic mass is 9.99. The highest BCUT2D eigenvalue weighted by Crippen LogP contribution is 2.26. The molecule has 0 heterocycles. The van der Waals surface area contributed by atoms with Gasteiger partial charge in [-0.2, -0.15) is 0 Å². The zero-order valence-corrected chi connectivity index (χ0v) is 21.9. The summed E-state index contributed by atoms with van der Waals surface area (Å²) in [7, 11) is 0. The van der Waals surface area contributed by atoms with Crippen molar-refractivity contribution in [3.63, 3.8) is 0 Å². The maximum Gasteiger partial charge on any atom is 0.408 e. The number of nitrogens with two attached hydrogens (primary N) is 1. The third-order valence-corrected chi connectivity index (χ3v) is 5.46. The van der Waals surface area contributed by atoms with Crippen molar-refractivity contribution in [2.75, 3.05) is 6.54 Å². The molecule has 0 aliphatic rings. The molecule has 3 atom stereocenters. The summed E-state index contributed by atoms with van der Waals surface area (Å²) in [5, 5.41) is 5.53. The van der Waals surface area contributed by atoms with Gasteiger partial charge < -0.3 is 26.0 Å². The zero-order valence-electron chi connectivity index (χ0n) is 21.9. The predicted octanol–water partition coefficient (Wildman–Crippen LogP) is 3.43. The van der Waals surface area contributed by atoms with Crippen LogP contribution in [0.4, 0.5) is 4.79 Å². The fraction of sp³-hybridized carbons (Fsp3) is 0.615. The van der Waals surface area contributed by atoms with Gasteiger partial charge in [0.15, 0.2) is 0 Å². The van der Waals surface area contributed by atoms with E-state index in [-0.39, 0.29) is 24.8 Å². The molecule has 0 aliphatic carbocycles. The van der Waals surface area contributed by atoms with E-state index in [1.54, 1.807) is 32.9 Å². The number of nitrogens with zero attached hydrogens (tertiary/aromatic N) is 1. The number of primary amides is 1. The smallest absolute Gasteiger partial charge is 0.408 e. The lowest BCUT2D eigenvalue weighted by Crippen LogP contribution is -2.55. The van der Waals surface area contributed by atoms with Crippen molar-refractivity contribution >= 4 is 23.8 Å². The number of ether oxygens (including phenoxy) is 1. The van der Waals surface area contributed by atoms with Gasteiger partial charge in [0, 0.05) is 19.0 Å². The zero-order chi connectivity index (χ0) is 26.6. The number of carbonyl (C=O) groups excluding carboxylic acids is 4. The minimum Gasteiger partial charge on any atom is -0.444 e. The van der Waals surface area contributed by atoms with Crippen LogP contribution in [-0.4, -0.2) is 52.9 Å². The fourth-order valence-corrected chi connectivity index (χ4v) is 3.53. The number of hydrogen-bond acceptors (Lipinski definition) is 5. The largest absolute Gasteiger partial charge is 0.444 e. The number of benzene rings is 1. The summed E-state index contributed by atoms with van der Waals surface area (Å²) < 4.78 is 5.33. The molecule has 3 unspecified atom stereocenters. The Morgan fingerprint density at radius 2 is 1.71 bits per heavy atom. The van der Waals surface area contributed by atoms with E-state index >= 15 is 0 Å². The average Bonchev–Trinajstić information content (AvgIpc) is 2.78. The van der Waals surface area contributed by atoms with Crippen LogP contribution in [0.5, 0.6) is 0 Å². The molecule has 4 amide bonds. The first-order valence-electron chi connectivity index (χ1n) is 12.3. The molecule has 0 aromatic heterocycles. The van der Waals surface area contributed by atoms with Gasteiger partial charge in [0.25, 0.3) is 0 Å². The fourth-order valence-electron chi connectivity index (χ4n) is 3.53. The highest BCUT2D eigenvalue weighted by molar-refractivity contribution is 5.92. The summed E-state index contributed by atoms with van der Waals surface area (Å²) in [4.78, 5) is 52.9. The van der Waals surface area contributed by atoms with E-state index in [1.165, 1.54) is 4.90 Å². The Hall–Kier alpha value is -3.10. The molecule has 0 saturated heterocycles. The first-order valence-corrected chi connectivity index (χ1v) is 12.3. The summed E-state index contributed by atoms with van der Waals surface area (Å²) in [6.07, 6.45) is 1.39. The Kier molecular flexibility index (Phi) is 12.3. The van der Waals surface area contributed by atoms with Crippen LogP contribution in [0.2, 0.25) is 0 Å². The van der Waals surface area contributed by atoms with E-state index in [4.69, 9.17) is 10.5 Å². The van der Waals surface area contributed by atoms with Crippen LogP contribution in [0.15, 0.2) is 30.3 Å². The average molecular weight is 491 g/mol. The maximum absolute atomic E-state index is 13.9. The van der Waals surface area contributed by atoms with E-state index in [2.05, 4.69) is 10.6 Å². The molecule has 0 fully saturated rings. The predicted molar refractivity (Wildman–Crippen MR) is 135 cm³/mol. The topological polar surface area (TPSA) is 131 Å². The first kappa shape index (κ1) is 29.9. The Balaban J connectivity index is 3.42. The summed E-state index contributed by atoms with van der Waals surface area (Å²) in [6, 6.07) is 6.72. The van der Waals surface area contributed by atoms with Crippen molar-refractivity contribution < 1.29 is 23.9 Å². The van der Waals surface area contributed by atoms with Crippen molar-refractivity contribution in [3.8, 4) is 0 Å². The Morgan fingerprint density at radius 3 is 2.23 bits per heavy atom. The molecular formula is C26H42N4O5. The molecule has 4 N–H and O–H groups in total. The van der Waals surface area contributed by atoms with Gasteiger partial charge in [-0.25, -0.2) is 4.79 Å². The number of rotatable bonds is 13. The minimum atomic E-state index is -1.10. The Bertz CT molecular complexity index is 838. The molecule has 0 saturated carbocycles. The normalized spacial score (nSPS) is 13.8. The molecule has 1 aromatic carbocycles. The molecule has 9 heteroatoms. The number of nitrogens with one attached hydrogen (secondary N) is 2. The summed E-state index contributed by atoms with van der Waals surface area (Å²) in [6.45, 7) is 11.4. The molecule has 1 rings (SSSR count). The number of hydrogen-bond donors (Lipinski definition) is 3. The van der Waals surface area contributed by atoms with E-state index in [9.17, 15) is 19.2 Å². The second kappa shape index (κ2) is 14.3. The molecule has 1 aromatic rings. The van der Waals surface area contributed by atoms with Crippen LogP contribution in [0, 0.1) is 0 Å². The number of carbonyl (C=O) groups is 4. The molecule has 196 valence electrons. The highest BCUT2D eigenvalue weighted by atomic mass is 16.6. The quantitative estimate of drug-likeness (QED) is 0.365. The van der Waals surface area contributed by atoms with Crippen molar-refractivity contribution in [2.45, 2.75) is 97.4 Å². The molecular weight excluding hydrogens is 448 g/mol. The van der Waals surface area contributed by atoms with Gasteiger partial charge in [-0.05, 0) is 52.5 Å². The molecule has 0 radical (unpaired) electrons. The maximum atomic E-state index is 13.9. The van der Waals surface area contributed by atoms with Gasteiger partial charge in [-0.15, -0.1) is 0 Å². The van der Waals surface area contributed by atoms with Gasteiger partial charge in [-0.1, -0.05) is 50.6 Å². The number of amides is 4. The lowest BCUT2D eigenvalue weighted by molar-refractivity contribution is -0.145. The van der Waals surface area contributed by atoms with E-state index in [0.29, 0.717) is 18.5 Å². The van der Waals surface area contributed by atoms with Crippen molar-refractivity contribution in [3.05, 3.63) is 35.9 Å². The van der Waals surface area contributed by atoms with Gasteiger partial charge in [0.2, 0.25) is 17.7 Å². The van der Waals surface area contributed by atoms with Crippen molar-refractivity contribution in [1.82, 2.24) is 15.5 Å². The standard InChI is InChI=1S/C26H42N4O5/c1-7-9-17-28-23(32)22(19-13-11-10-12-14-19)30(18(3)8-2)24(33)20(15-16-21(27)31)29-25(34)35-26(4,5)6/h10-14,18,20,22H,7-9,15-17H2,1-6H3,(H2,27,31)(H,28,32)(H,29,34). The van der Waals surface area contributed by atoms with Crippen molar-refractivity contribution in [2.24, 2.45) is 5.73 Å². The molecule has 0 aliphatic heterocycles. The number of unbranched alkanes of at least 4 members (excludes halogenated alkanes) is 1. The van der Waals surface area contributed by atoms with E-state index in [0.717, 1.165) is 12.8 Å². The van der Waals surface area contributed by atoms with Crippen molar-refractivity contribution in [1.29, 1.82) is 0 Å². The second-order valence-corrected chi connectivity index (χ2v) is 9.66. The van der Waals surface area contributed by atoms with Crippen LogP contribution >= 0.6 is 0 Å². The van der Waals surface area contributed by atoms with Crippen LogP contribution in [0.25, 0.3) is 0 Å². The summed E-state index contributed by atoms with van der Waals surface area (Å²) in [5.41, 5.74) is 5.21. The van der Waals surface area contributed by atoms with E-state index < -0.39 is 35.6 Å². The Morgan fingerprint density at radius 1 is 1.09 bits per heavy atom. The molecule has 9 nitrogen and oxygen atoms in total. The molecule has 0 bridgehead atoms. The first-order chi connectivity index (χ1) is 16.4. The van der Waals surface area contributed by atoms with Gasteiger partial charge in [0.1, 0.15) is 17.7 Å². The third-order valence-electron chi connectivity index (χ3n) is 5.46. The van der Waals surface area contributed by atoms with Gasteiger partial charge in [0.05, 0.1) is 0 Å². The summed E-state index contributed by atoms with van der Waals surface area (Å²) >= 11 is 0. The summed E-state index contributed by atoms with van der Waals surface area (Å²) in [5.74, 6) is -1.38. The monoisotopic (exact) mass is 490 g/mol. The number of alkyl carbamates (subject to hydrolysis) is 1. The van der Waals surface area contributed by atoms with Crippen LogP contribution in [0.3, 0.4) is 0 Å². The highest BCUT2D eigenvalue weighted by Gasteiger charge is 2.38. The molecule has 0 spiro atoms. The van der Waals surface area contributed by atoms with Gasteiger partial charge in [-0.3, -0.25) is 14.4 Å². The Labute approximate surface area is 209 Å². The lowest BCUT2D eigenvalue weighted by Gasteiger charge is -2.38. The van der Waals surface area contributed by atoms with Crippen LogP contribution in [0.1, 0.15) is 85.3 Å². The second-order valence-electron chi connectivity index (χ2n) is 9.66. The minimum absolute atomic E-state index is 0.0146. The SMILES string of the molecule is CCCCNC(=O)C(c1ccccc1)N(C(=O)C(CCC(N)=O)NC(=O)OC(C)(C)C)C(C)CC. The molecule has 35 heavy (non-hydrogen) atoms. The van der Waals surface area contributed by atoms with Crippen LogP contribution < -0.4 is 16.4 Å². The van der Waals surface area contributed by atoms with Crippen LogP contribution in [-0.2, 0) is 19.1 Å².